The van der Waals surface area contributed by atoms with E-state index < -0.39 is 0 Å². The summed E-state index contributed by atoms with van der Waals surface area (Å²) in [5.41, 5.74) is 0. The molecule has 2 rings (SSSR count). The second-order valence-electron chi connectivity index (χ2n) is 5.15. The number of hydrogen-bond acceptors (Lipinski definition) is 2. The predicted octanol–water partition coefficient (Wildman–Crippen LogP) is 0.885. The van der Waals surface area contributed by atoms with Crippen LogP contribution in [0.4, 0.5) is 0 Å². The molecule has 18 heavy (non-hydrogen) atoms. The number of nitrogens with one attached hydrogen (secondary N) is 1. The molecule has 0 bridgehead atoms. The van der Waals surface area contributed by atoms with E-state index >= 15 is 0 Å². The molecule has 3 heteroatoms. The number of likely N-dealkylation sites (tertiary alicyclic amines) is 1. The predicted molar refractivity (Wildman–Crippen MR) is 72.0 cm³/mol. The van der Waals surface area contributed by atoms with Crippen LogP contribution < -0.4 is 9.64 Å². The minimum atomic E-state index is -0.363. The van der Waals surface area contributed by atoms with Crippen molar-refractivity contribution >= 4 is 0 Å². The van der Waals surface area contributed by atoms with Crippen LogP contribution in [0, 0.1) is 0 Å². The van der Waals surface area contributed by atoms with Crippen LogP contribution in [-0.2, 0) is 0 Å². The molecule has 0 spiro atoms. The minimum absolute atomic E-state index is 0.363. The fourth-order valence-electron chi connectivity index (χ4n) is 2.53. The van der Waals surface area contributed by atoms with Crippen LogP contribution in [0.2, 0.25) is 0 Å². The Morgan fingerprint density at radius 1 is 1.06 bits per heavy atom. The summed E-state index contributed by atoms with van der Waals surface area (Å²) in [6.45, 7) is 3.60. The van der Waals surface area contributed by atoms with E-state index in [0.717, 1.165) is 12.3 Å². The van der Waals surface area contributed by atoms with Gasteiger partial charge in [0.2, 0.25) is 0 Å². The molecular formula is C15H24NO2+. The number of ether oxygens (including phenoxy) is 1. The van der Waals surface area contributed by atoms with E-state index in [-0.39, 0.29) is 6.10 Å². The zero-order valence-electron chi connectivity index (χ0n) is 11.0. The van der Waals surface area contributed by atoms with Gasteiger partial charge >= 0.3 is 0 Å². The quantitative estimate of drug-likeness (QED) is 0.813. The Balaban J connectivity index is 1.69. The second-order valence-corrected chi connectivity index (χ2v) is 5.15. The molecular weight excluding hydrogens is 226 g/mol. The van der Waals surface area contributed by atoms with E-state index in [1.165, 1.54) is 43.7 Å². The van der Waals surface area contributed by atoms with Crippen molar-refractivity contribution in [3.8, 4) is 5.75 Å². The standard InChI is InChI=1S/C15H23NO2/c17-14(12-16-10-6-1-2-7-11-16)13-18-15-8-4-3-5-9-15/h3-5,8-9,14,17H,1-2,6-7,10-13H2/p+1/t14-/m1/s1. The van der Waals surface area contributed by atoms with Gasteiger partial charge in [-0.1, -0.05) is 18.2 Å². The Kier molecular flexibility index (Phi) is 5.49. The third-order valence-corrected chi connectivity index (χ3v) is 3.52. The summed E-state index contributed by atoms with van der Waals surface area (Å²) in [6.07, 6.45) is 4.92. The van der Waals surface area contributed by atoms with Crippen molar-refractivity contribution in [2.24, 2.45) is 0 Å². The van der Waals surface area contributed by atoms with Crippen LogP contribution in [0.25, 0.3) is 0 Å². The zero-order valence-corrected chi connectivity index (χ0v) is 11.0. The summed E-state index contributed by atoms with van der Waals surface area (Å²) in [5, 5.41) is 10.0. The van der Waals surface area contributed by atoms with Gasteiger partial charge in [-0.15, -0.1) is 0 Å². The molecule has 1 aliphatic heterocycles. The highest BCUT2D eigenvalue weighted by molar-refractivity contribution is 5.20. The lowest BCUT2D eigenvalue weighted by atomic mass is 10.2. The first-order valence-corrected chi connectivity index (χ1v) is 7.04. The molecule has 1 aliphatic rings. The number of rotatable bonds is 5. The molecule has 1 aromatic rings. The van der Waals surface area contributed by atoms with Gasteiger partial charge < -0.3 is 14.7 Å². The lowest BCUT2D eigenvalue weighted by Crippen LogP contribution is -3.13. The Morgan fingerprint density at radius 2 is 1.72 bits per heavy atom. The maximum Gasteiger partial charge on any atom is 0.137 e. The highest BCUT2D eigenvalue weighted by Crippen LogP contribution is 2.08. The van der Waals surface area contributed by atoms with Crippen molar-refractivity contribution in [3.63, 3.8) is 0 Å². The van der Waals surface area contributed by atoms with Crippen LogP contribution in [0.15, 0.2) is 30.3 Å². The summed E-state index contributed by atoms with van der Waals surface area (Å²) in [4.78, 5) is 1.52. The van der Waals surface area contributed by atoms with Gasteiger partial charge in [0, 0.05) is 0 Å². The third-order valence-electron chi connectivity index (χ3n) is 3.52. The lowest BCUT2D eigenvalue weighted by Gasteiger charge is -2.20. The first-order chi connectivity index (χ1) is 8.84. The van der Waals surface area contributed by atoms with Crippen LogP contribution in [0.5, 0.6) is 5.75 Å². The number of hydrogen-bond donors (Lipinski definition) is 2. The highest BCUT2D eigenvalue weighted by Gasteiger charge is 2.17. The van der Waals surface area contributed by atoms with E-state index in [1.54, 1.807) is 0 Å². The number of quaternary nitrogens is 1. The van der Waals surface area contributed by atoms with Gasteiger partial charge in [0.05, 0.1) is 13.1 Å². The van der Waals surface area contributed by atoms with Gasteiger partial charge in [-0.25, -0.2) is 0 Å². The molecule has 1 fully saturated rings. The van der Waals surface area contributed by atoms with Gasteiger partial charge in [0.25, 0.3) is 0 Å². The Labute approximate surface area is 109 Å². The smallest absolute Gasteiger partial charge is 0.137 e. The summed E-state index contributed by atoms with van der Waals surface area (Å²) in [5.74, 6) is 0.836. The second kappa shape index (κ2) is 7.39. The number of aliphatic hydroxyl groups is 1. The summed E-state index contributed by atoms with van der Waals surface area (Å²) >= 11 is 0. The average molecular weight is 250 g/mol. The molecule has 0 unspecified atom stereocenters. The molecule has 1 atom stereocenters. The van der Waals surface area contributed by atoms with Gasteiger partial charge in [-0.05, 0) is 37.8 Å². The highest BCUT2D eigenvalue weighted by atomic mass is 16.5. The van der Waals surface area contributed by atoms with Crippen molar-refractivity contribution in [2.45, 2.75) is 31.8 Å². The number of para-hydroxylation sites is 1. The fraction of sp³-hybridized carbons (Fsp3) is 0.600. The maximum absolute atomic E-state index is 10.0. The number of aliphatic hydroxyl groups excluding tert-OH is 1. The summed E-state index contributed by atoms with van der Waals surface area (Å²) in [6, 6.07) is 9.70. The van der Waals surface area contributed by atoms with Crippen LogP contribution in [0.3, 0.4) is 0 Å². The largest absolute Gasteiger partial charge is 0.491 e. The molecule has 2 N–H and O–H groups in total. The van der Waals surface area contributed by atoms with Crippen molar-refractivity contribution in [3.05, 3.63) is 30.3 Å². The summed E-state index contributed by atoms with van der Waals surface area (Å²) < 4.78 is 5.58. The molecule has 1 heterocycles. The van der Waals surface area contributed by atoms with Gasteiger partial charge in [-0.3, -0.25) is 0 Å². The first-order valence-electron chi connectivity index (χ1n) is 7.04. The topological polar surface area (TPSA) is 33.9 Å². The number of benzene rings is 1. The van der Waals surface area contributed by atoms with Crippen molar-refractivity contribution in [1.29, 1.82) is 0 Å². The van der Waals surface area contributed by atoms with Gasteiger partial charge in [0.1, 0.15) is 25.0 Å². The molecule has 0 aliphatic carbocycles. The minimum Gasteiger partial charge on any atom is -0.491 e. The molecule has 0 aromatic heterocycles. The first kappa shape index (κ1) is 13.4. The van der Waals surface area contributed by atoms with Crippen LogP contribution in [0.1, 0.15) is 25.7 Å². The van der Waals surface area contributed by atoms with Crippen LogP contribution >= 0.6 is 0 Å². The van der Waals surface area contributed by atoms with E-state index in [9.17, 15) is 5.11 Å². The van der Waals surface area contributed by atoms with Crippen LogP contribution in [-0.4, -0.2) is 37.5 Å². The Bertz CT molecular complexity index is 321. The molecule has 100 valence electrons. The van der Waals surface area contributed by atoms with Crippen molar-refractivity contribution in [1.82, 2.24) is 0 Å². The monoisotopic (exact) mass is 250 g/mol. The Morgan fingerprint density at radius 3 is 2.39 bits per heavy atom. The normalized spacial score (nSPS) is 19.2. The molecule has 1 aromatic carbocycles. The molecule has 3 nitrogen and oxygen atoms in total. The van der Waals surface area contributed by atoms with Crippen molar-refractivity contribution < 1.29 is 14.7 Å². The SMILES string of the molecule is O[C@@H](COc1ccccc1)C[NH+]1CCCCCC1. The van der Waals surface area contributed by atoms with E-state index in [0.29, 0.717) is 6.61 Å². The lowest BCUT2D eigenvalue weighted by molar-refractivity contribution is -0.902. The molecule has 0 radical (unpaired) electrons. The van der Waals surface area contributed by atoms with E-state index in [4.69, 9.17) is 4.74 Å². The molecule has 0 saturated carbocycles. The average Bonchev–Trinajstić information content (AvgIpc) is 2.66. The van der Waals surface area contributed by atoms with Gasteiger partial charge in [0.15, 0.2) is 0 Å². The summed E-state index contributed by atoms with van der Waals surface area (Å²) in [7, 11) is 0. The van der Waals surface area contributed by atoms with Gasteiger partial charge in [-0.2, -0.15) is 0 Å². The fourth-order valence-corrected chi connectivity index (χ4v) is 2.53. The zero-order chi connectivity index (χ0) is 12.6. The van der Waals surface area contributed by atoms with E-state index in [1.807, 2.05) is 30.3 Å². The third kappa shape index (κ3) is 4.67. The molecule has 1 saturated heterocycles. The van der Waals surface area contributed by atoms with Crippen molar-refractivity contribution in [2.75, 3.05) is 26.2 Å². The maximum atomic E-state index is 10.0. The molecule has 0 amide bonds. The van der Waals surface area contributed by atoms with E-state index in [2.05, 4.69) is 0 Å². The Hall–Kier alpha value is -1.06.